The van der Waals surface area contributed by atoms with E-state index in [4.69, 9.17) is 5.73 Å². The van der Waals surface area contributed by atoms with Crippen LogP contribution in [0.5, 0.6) is 0 Å². The van der Waals surface area contributed by atoms with Crippen LogP contribution in [0, 0.1) is 5.92 Å². The van der Waals surface area contributed by atoms with Crippen molar-refractivity contribution in [2.24, 2.45) is 11.7 Å². The second-order valence-corrected chi connectivity index (χ2v) is 3.35. The van der Waals surface area contributed by atoms with Crippen molar-refractivity contribution < 1.29 is 4.79 Å². The SMILES string of the molecule is CC.CC1C(=O)N(C)CCCC1N. The van der Waals surface area contributed by atoms with Crippen molar-refractivity contribution in [2.75, 3.05) is 13.6 Å². The van der Waals surface area contributed by atoms with E-state index in [9.17, 15) is 4.79 Å². The molecule has 3 nitrogen and oxygen atoms in total. The number of hydrogen-bond donors (Lipinski definition) is 1. The van der Waals surface area contributed by atoms with Crippen LogP contribution in [0.3, 0.4) is 0 Å². The second kappa shape index (κ2) is 5.97. The molecular weight excluding hydrogens is 164 g/mol. The first kappa shape index (κ1) is 12.4. The normalized spacial score (nSPS) is 29.0. The largest absolute Gasteiger partial charge is 0.345 e. The van der Waals surface area contributed by atoms with E-state index in [1.54, 1.807) is 4.90 Å². The van der Waals surface area contributed by atoms with E-state index < -0.39 is 0 Å². The van der Waals surface area contributed by atoms with Crippen molar-refractivity contribution in [3.63, 3.8) is 0 Å². The van der Waals surface area contributed by atoms with Gasteiger partial charge in [-0.05, 0) is 12.8 Å². The van der Waals surface area contributed by atoms with Gasteiger partial charge < -0.3 is 10.6 Å². The Hall–Kier alpha value is -0.570. The quantitative estimate of drug-likeness (QED) is 0.618. The number of likely N-dealkylation sites (tertiary alicyclic amines) is 1. The molecule has 3 heteroatoms. The Morgan fingerprint density at radius 1 is 1.46 bits per heavy atom. The first-order valence-corrected chi connectivity index (χ1v) is 5.13. The third kappa shape index (κ3) is 3.35. The van der Waals surface area contributed by atoms with Gasteiger partial charge in [0.15, 0.2) is 0 Å². The summed E-state index contributed by atoms with van der Waals surface area (Å²) < 4.78 is 0. The van der Waals surface area contributed by atoms with Crippen molar-refractivity contribution in [3.05, 3.63) is 0 Å². The maximum absolute atomic E-state index is 11.4. The molecule has 78 valence electrons. The number of carbonyl (C=O) groups is 1. The maximum Gasteiger partial charge on any atom is 0.226 e. The lowest BCUT2D eigenvalue weighted by Crippen LogP contribution is -2.37. The van der Waals surface area contributed by atoms with E-state index in [2.05, 4.69) is 0 Å². The van der Waals surface area contributed by atoms with Gasteiger partial charge in [-0.2, -0.15) is 0 Å². The van der Waals surface area contributed by atoms with Crippen molar-refractivity contribution >= 4 is 5.91 Å². The van der Waals surface area contributed by atoms with Crippen molar-refractivity contribution in [2.45, 2.75) is 39.7 Å². The smallest absolute Gasteiger partial charge is 0.226 e. The molecule has 0 bridgehead atoms. The molecule has 1 aliphatic heterocycles. The van der Waals surface area contributed by atoms with Gasteiger partial charge >= 0.3 is 0 Å². The molecule has 1 saturated heterocycles. The highest BCUT2D eigenvalue weighted by molar-refractivity contribution is 5.79. The van der Waals surface area contributed by atoms with Gasteiger partial charge in [0.25, 0.3) is 0 Å². The molecule has 2 N–H and O–H groups in total. The van der Waals surface area contributed by atoms with Crippen LogP contribution in [0.4, 0.5) is 0 Å². The molecule has 1 fully saturated rings. The number of hydrogen-bond acceptors (Lipinski definition) is 2. The van der Waals surface area contributed by atoms with Crippen LogP contribution >= 0.6 is 0 Å². The van der Waals surface area contributed by atoms with Gasteiger partial charge in [0.1, 0.15) is 0 Å². The minimum Gasteiger partial charge on any atom is -0.345 e. The number of rotatable bonds is 0. The lowest BCUT2D eigenvalue weighted by Gasteiger charge is -2.19. The molecule has 13 heavy (non-hydrogen) atoms. The molecule has 2 atom stereocenters. The lowest BCUT2D eigenvalue weighted by atomic mass is 9.99. The zero-order valence-electron chi connectivity index (χ0n) is 9.21. The van der Waals surface area contributed by atoms with Crippen LogP contribution in [0.25, 0.3) is 0 Å². The molecule has 0 aromatic rings. The molecule has 2 unspecified atom stereocenters. The van der Waals surface area contributed by atoms with E-state index in [0.29, 0.717) is 0 Å². The molecule has 0 aliphatic carbocycles. The summed E-state index contributed by atoms with van der Waals surface area (Å²) >= 11 is 0. The first-order chi connectivity index (χ1) is 6.13. The van der Waals surface area contributed by atoms with Crippen LogP contribution in [-0.4, -0.2) is 30.4 Å². The molecule has 0 spiro atoms. The van der Waals surface area contributed by atoms with E-state index in [1.165, 1.54) is 0 Å². The Morgan fingerprint density at radius 2 is 2.00 bits per heavy atom. The van der Waals surface area contributed by atoms with E-state index in [-0.39, 0.29) is 17.9 Å². The third-order valence-corrected chi connectivity index (χ3v) is 2.44. The fraction of sp³-hybridized carbons (Fsp3) is 0.900. The summed E-state index contributed by atoms with van der Waals surface area (Å²) in [5.74, 6) is 0.192. The minimum atomic E-state index is 0.00231. The lowest BCUT2D eigenvalue weighted by molar-refractivity contribution is -0.133. The fourth-order valence-electron chi connectivity index (χ4n) is 1.46. The highest BCUT2D eigenvalue weighted by Crippen LogP contribution is 2.14. The average molecular weight is 186 g/mol. The van der Waals surface area contributed by atoms with Gasteiger partial charge in [0.05, 0.1) is 5.92 Å². The predicted molar refractivity (Wildman–Crippen MR) is 55.4 cm³/mol. The zero-order chi connectivity index (χ0) is 10.4. The molecule has 0 radical (unpaired) electrons. The van der Waals surface area contributed by atoms with E-state index in [1.807, 2.05) is 27.8 Å². The van der Waals surface area contributed by atoms with Gasteiger partial charge in [-0.15, -0.1) is 0 Å². The molecule has 0 aromatic carbocycles. The Kier molecular flexibility index (Phi) is 5.71. The number of nitrogens with zero attached hydrogens (tertiary/aromatic N) is 1. The standard InChI is InChI=1S/C8H16N2O.C2H6/c1-6-7(9)4-3-5-10(2)8(6)11;1-2/h6-7H,3-5,9H2,1-2H3;1-2H3. The van der Waals surface area contributed by atoms with Crippen molar-refractivity contribution in [1.29, 1.82) is 0 Å². The number of amides is 1. The van der Waals surface area contributed by atoms with E-state index >= 15 is 0 Å². The molecule has 0 saturated carbocycles. The van der Waals surface area contributed by atoms with Gasteiger partial charge in [-0.3, -0.25) is 4.79 Å². The summed E-state index contributed by atoms with van der Waals surface area (Å²) in [7, 11) is 1.84. The molecule has 1 aliphatic rings. The average Bonchev–Trinajstić information content (AvgIpc) is 2.26. The fourth-order valence-corrected chi connectivity index (χ4v) is 1.46. The minimum absolute atomic E-state index is 0.00231. The van der Waals surface area contributed by atoms with Gasteiger partial charge in [0.2, 0.25) is 5.91 Å². The first-order valence-electron chi connectivity index (χ1n) is 5.13. The molecule has 1 rings (SSSR count). The highest BCUT2D eigenvalue weighted by atomic mass is 16.2. The molecule has 0 aromatic heterocycles. The Balaban J connectivity index is 0.000000671. The van der Waals surface area contributed by atoms with Crippen molar-refractivity contribution in [1.82, 2.24) is 4.90 Å². The van der Waals surface area contributed by atoms with E-state index in [0.717, 1.165) is 19.4 Å². The topological polar surface area (TPSA) is 46.3 Å². The Labute approximate surface area is 81.3 Å². The summed E-state index contributed by atoms with van der Waals surface area (Å²) in [6.07, 6.45) is 2.00. The summed E-state index contributed by atoms with van der Waals surface area (Å²) in [6.45, 7) is 6.77. The van der Waals surface area contributed by atoms with Crippen molar-refractivity contribution in [3.8, 4) is 0 Å². The van der Waals surface area contributed by atoms with Crippen LogP contribution in [0.15, 0.2) is 0 Å². The molecular formula is C10H22N2O. The maximum atomic E-state index is 11.4. The predicted octanol–water partition coefficient (Wildman–Crippen LogP) is 1.23. The summed E-state index contributed by atoms with van der Waals surface area (Å²) in [4.78, 5) is 13.2. The summed E-state index contributed by atoms with van der Waals surface area (Å²) in [6, 6.07) is 0.0625. The monoisotopic (exact) mass is 186 g/mol. The Morgan fingerprint density at radius 3 is 2.54 bits per heavy atom. The third-order valence-electron chi connectivity index (χ3n) is 2.44. The van der Waals surface area contributed by atoms with Crippen LogP contribution < -0.4 is 5.73 Å². The Bertz CT molecular complexity index is 159. The number of nitrogens with two attached hydrogens (primary N) is 1. The van der Waals surface area contributed by atoms with Crippen LogP contribution in [0.1, 0.15) is 33.6 Å². The van der Waals surface area contributed by atoms with Gasteiger partial charge in [-0.1, -0.05) is 20.8 Å². The van der Waals surface area contributed by atoms with Crippen LogP contribution in [0.2, 0.25) is 0 Å². The van der Waals surface area contributed by atoms with Crippen LogP contribution in [-0.2, 0) is 4.79 Å². The number of carbonyl (C=O) groups excluding carboxylic acids is 1. The zero-order valence-corrected chi connectivity index (χ0v) is 9.21. The van der Waals surface area contributed by atoms with Gasteiger partial charge in [-0.25, -0.2) is 0 Å². The second-order valence-electron chi connectivity index (χ2n) is 3.35. The molecule has 1 heterocycles. The van der Waals surface area contributed by atoms with Gasteiger partial charge in [0, 0.05) is 19.6 Å². The molecule has 1 amide bonds. The summed E-state index contributed by atoms with van der Waals surface area (Å²) in [5, 5.41) is 0. The summed E-state index contributed by atoms with van der Waals surface area (Å²) in [5.41, 5.74) is 5.78. The highest BCUT2D eigenvalue weighted by Gasteiger charge is 2.26.